The quantitative estimate of drug-likeness (QED) is 0.265. The Hall–Kier alpha value is -1.76. The molecule has 0 saturated heterocycles. The van der Waals surface area contributed by atoms with Crippen LogP contribution in [-0.2, 0) is 5.75 Å². The first-order valence-corrected chi connectivity index (χ1v) is 7.12. The van der Waals surface area contributed by atoms with Gasteiger partial charge in [-0.25, -0.2) is 10.8 Å². The van der Waals surface area contributed by atoms with Gasteiger partial charge in [0.25, 0.3) is 5.91 Å². The number of hydrogen-bond acceptors (Lipinski definition) is 5. The maximum atomic E-state index is 11.4. The Kier molecular flexibility index (Phi) is 4.84. The number of benzene rings is 1. The summed E-state index contributed by atoms with van der Waals surface area (Å²) in [6, 6.07) is 10.6. The summed E-state index contributed by atoms with van der Waals surface area (Å²) >= 11 is 7.57. The third kappa shape index (κ3) is 3.41. The van der Waals surface area contributed by atoms with Crippen molar-refractivity contribution in [2.24, 2.45) is 5.84 Å². The van der Waals surface area contributed by atoms with E-state index in [0.717, 1.165) is 10.6 Å². The maximum absolute atomic E-state index is 11.4. The molecule has 0 saturated carbocycles. The number of pyridine rings is 1. The second-order valence-corrected chi connectivity index (χ2v) is 5.33. The molecule has 1 aromatic heterocycles. The van der Waals surface area contributed by atoms with E-state index < -0.39 is 5.91 Å². The molecule has 1 aromatic carbocycles. The molecule has 0 radical (unpaired) electrons. The van der Waals surface area contributed by atoms with Gasteiger partial charge >= 0.3 is 0 Å². The number of halogens is 1. The van der Waals surface area contributed by atoms with E-state index in [2.05, 4.69) is 10.4 Å². The highest BCUT2D eigenvalue weighted by Gasteiger charge is 2.09. The third-order valence-electron chi connectivity index (χ3n) is 2.53. The molecule has 104 valence electrons. The van der Waals surface area contributed by atoms with E-state index in [1.165, 1.54) is 11.8 Å². The monoisotopic (exact) mass is 308 g/mol. The van der Waals surface area contributed by atoms with Crippen LogP contribution in [0.4, 0.5) is 5.69 Å². The first-order chi connectivity index (χ1) is 9.61. The van der Waals surface area contributed by atoms with Crippen LogP contribution in [0.15, 0.2) is 41.3 Å². The van der Waals surface area contributed by atoms with Gasteiger partial charge in [0.05, 0.1) is 10.7 Å². The van der Waals surface area contributed by atoms with Crippen LogP contribution in [0.3, 0.4) is 0 Å². The molecular weight excluding hydrogens is 296 g/mol. The lowest BCUT2D eigenvalue weighted by atomic mass is 10.3. The summed E-state index contributed by atoms with van der Waals surface area (Å²) in [6.07, 6.45) is 0. The summed E-state index contributed by atoms with van der Waals surface area (Å²) in [5, 5.41) is 0.603. The van der Waals surface area contributed by atoms with E-state index in [-0.39, 0.29) is 5.69 Å². The molecule has 1 amide bonds. The topological polar surface area (TPSA) is 94.0 Å². The van der Waals surface area contributed by atoms with Crippen LogP contribution in [0.2, 0.25) is 5.02 Å². The van der Waals surface area contributed by atoms with Gasteiger partial charge in [-0.15, -0.1) is 11.8 Å². The molecule has 5 N–H and O–H groups in total. The number of hydrazine groups is 1. The Balaban J connectivity index is 2.13. The van der Waals surface area contributed by atoms with Gasteiger partial charge in [0.15, 0.2) is 0 Å². The average molecular weight is 309 g/mol. The number of rotatable bonds is 4. The zero-order chi connectivity index (χ0) is 14.5. The molecule has 0 fully saturated rings. The van der Waals surface area contributed by atoms with Crippen molar-refractivity contribution in [1.29, 1.82) is 0 Å². The Bertz CT molecular complexity index is 615. The Labute approximate surface area is 125 Å². The number of nitrogens with zero attached hydrogens (tertiary/aromatic N) is 1. The SMILES string of the molecule is NNC(=O)c1cccc(CSc2c(N)cccc2Cl)n1. The molecule has 7 heteroatoms. The zero-order valence-electron chi connectivity index (χ0n) is 10.5. The predicted octanol–water partition coefficient (Wildman–Crippen LogP) is 2.21. The fraction of sp³-hybridized carbons (Fsp3) is 0.0769. The van der Waals surface area contributed by atoms with Gasteiger partial charge in [-0.1, -0.05) is 23.7 Å². The minimum Gasteiger partial charge on any atom is -0.398 e. The fourth-order valence-corrected chi connectivity index (χ4v) is 2.82. The highest BCUT2D eigenvalue weighted by atomic mass is 35.5. The fourth-order valence-electron chi connectivity index (χ4n) is 1.58. The highest BCUT2D eigenvalue weighted by molar-refractivity contribution is 7.98. The number of nitrogen functional groups attached to an aromatic ring is 2. The summed E-state index contributed by atoms with van der Waals surface area (Å²) < 4.78 is 0. The minimum atomic E-state index is -0.422. The van der Waals surface area contributed by atoms with Crippen molar-refractivity contribution in [3.63, 3.8) is 0 Å². The number of thioether (sulfide) groups is 1. The molecule has 0 spiro atoms. The van der Waals surface area contributed by atoms with E-state index in [0.29, 0.717) is 16.5 Å². The van der Waals surface area contributed by atoms with Crippen LogP contribution in [0, 0.1) is 0 Å². The predicted molar refractivity (Wildman–Crippen MR) is 81.3 cm³/mol. The Morgan fingerprint density at radius 1 is 1.30 bits per heavy atom. The van der Waals surface area contributed by atoms with Crippen molar-refractivity contribution >= 4 is 35.0 Å². The lowest BCUT2D eigenvalue weighted by Crippen LogP contribution is -2.30. The van der Waals surface area contributed by atoms with Crippen LogP contribution < -0.4 is 17.0 Å². The normalized spacial score (nSPS) is 10.3. The van der Waals surface area contributed by atoms with Crippen LogP contribution in [0.25, 0.3) is 0 Å². The lowest BCUT2D eigenvalue weighted by Gasteiger charge is -2.07. The number of anilines is 1. The van der Waals surface area contributed by atoms with Crippen molar-refractivity contribution in [2.45, 2.75) is 10.6 Å². The molecule has 0 aliphatic carbocycles. The largest absolute Gasteiger partial charge is 0.398 e. The molecule has 2 rings (SSSR count). The molecule has 5 nitrogen and oxygen atoms in total. The third-order valence-corrected chi connectivity index (χ3v) is 4.14. The van der Waals surface area contributed by atoms with E-state index in [1.807, 2.05) is 6.07 Å². The van der Waals surface area contributed by atoms with Crippen molar-refractivity contribution in [3.05, 3.63) is 52.8 Å². The van der Waals surface area contributed by atoms with Crippen molar-refractivity contribution in [3.8, 4) is 0 Å². The molecule has 0 unspecified atom stereocenters. The van der Waals surface area contributed by atoms with E-state index in [4.69, 9.17) is 23.2 Å². The first-order valence-electron chi connectivity index (χ1n) is 5.75. The summed E-state index contributed by atoms with van der Waals surface area (Å²) in [5.41, 5.74) is 9.57. The summed E-state index contributed by atoms with van der Waals surface area (Å²) in [6.45, 7) is 0. The maximum Gasteiger partial charge on any atom is 0.283 e. The van der Waals surface area contributed by atoms with Crippen LogP contribution >= 0.6 is 23.4 Å². The molecular formula is C13H13ClN4OS. The second-order valence-electron chi connectivity index (χ2n) is 3.93. The number of amides is 1. The average Bonchev–Trinajstić information content (AvgIpc) is 2.46. The van der Waals surface area contributed by atoms with Gasteiger partial charge in [-0.05, 0) is 24.3 Å². The number of nitrogens with two attached hydrogens (primary N) is 2. The van der Waals surface area contributed by atoms with Gasteiger partial charge in [0.1, 0.15) is 5.69 Å². The number of hydrogen-bond donors (Lipinski definition) is 3. The van der Waals surface area contributed by atoms with Gasteiger partial charge in [-0.3, -0.25) is 10.2 Å². The minimum absolute atomic E-state index is 0.276. The van der Waals surface area contributed by atoms with Gasteiger partial charge in [-0.2, -0.15) is 0 Å². The molecule has 0 aliphatic rings. The van der Waals surface area contributed by atoms with Gasteiger partial charge < -0.3 is 5.73 Å². The molecule has 1 heterocycles. The summed E-state index contributed by atoms with van der Waals surface area (Å²) in [7, 11) is 0. The van der Waals surface area contributed by atoms with Crippen molar-refractivity contribution in [1.82, 2.24) is 10.4 Å². The lowest BCUT2D eigenvalue weighted by molar-refractivity contribution is 0.0948. The van der Waals surface area contributed by atoms with E-state index >= 15 is 0 Å². The Morgan fingerprint density at radius 3 is 2.75 bits per heavy atom. The number of carbonyl (C=O) groups excluding carboxylic acids is 1. The van der Waals surface area contributed by atoms with Crippen molar-refractivity contribution < 1.29 is 4.79 Å². The second kappa shape index (κ2) is 6.60. The molecule has 0 atom stereocenters. The molecule has 2 aromatic rings. The smallest absolute Gasteiger partial charge is 0.283 e. The zero-order valence-corrected chi connectivity index (χ0v) is 12.0. The van der Waals surface area contributed by atoms with Gasteiger partial charge in [0, 0.05) is 16.3 Å². The van der Waals surface area contributed by atoms with Crippen LogP contribution in [0.5, 0.6) is 0 Å². The Morgan fingerprint density at radius 2 is 2.05 bits per heavy atom. The van der Waals surface area contributed by atoms with Crippen LogP contribution in [0.1, 0.15) is 16.2 Å². The highest BCUT2D eigenvalue weighted by Crippen LogP contribution is 2.34. The first kappa shape index (κ1) is 14.6. The van der Waals surface area contributed by atoms with Crippen molar-refractivity contribution in [2.75, 3.05) is 5.73 Å². The van der Waals surface area contributed by atoms with E-state index in [1.54, 1.807) is 30.3 Å². The number of carbonyl (C=O) groups is 1. The van der Waals surface area contributed by atoms with Crippen LogP contribution in [-0.4, -0.2) is 10.9 Å². The van der Waals surface area contributed by atoms with E-state index in [9.17, 15) is 4.79 Å². The molecule has 20 heavy (non-hydrogen) atoms. The molecule has 0 aliphatic heterocycles. The number of nitrogens with one attached hydrogen (secondary N) is 1. The van der Waals surface area contributed by atoms with Gasteiger partial charge in [0.2, 0.25) is 0 Å². The number of aromatic nitrogens is 1. The molecule has 0 bridgehead atoms. The standard InChI is InChI=1S/C13H13ClN4OS/c14-9-4-2-5-10(15)12(9)20-7-8-3-1-6-11(17-8)13(19)18-16/h1-6H,7,15-16H2,(H,18,19). The summed E-state index contributed by atoms with van der Waals surface area (Å²) in [4.78, 5) is 16.4. The summed E-state index contributed by atoms with van der Waals surface area (Å²) in [5.74, 6) is 5.21.